The van der Waals surface area contributed by atoms with Crippen molar-refractivity contribution in [1.29, 1.82) is 0 Å². The molecule has 0 spiro atoms. The second-order valence-electron chi connectivity index (χ2n) is 5.19. The number of benzene rings is 2. The van der Waals surface area contributed by atoms with Crippen LogP contribution in [-0.2, 0) is 9.53 Å². The molecule has 2 rings (SSSR count). The maximum Gasteiger partial charge on any atom is 0.387 e. The number of rotatable bonds is 9. The monoisotopic (exact) mass is 380 g/mol. The van der Waals surface area contributed by atoms with Gasteiger partial charge in [-0.05, 0) is 24.3 Å². The van der Waals surface area contributed by atoms with Gasteiger partial charge in [0.05, 0.1) is 17.9 Å². The summed E-state index contributed by atoms with van der Waals surface area (Å²) in [7, 11) is 0. The molecule has 0 saturated carbocycles. The zero-order chi connectivity index (χ0) is 19.6. The number of amides is 1. The molecule has 0 aromatic heterocycles. The summed E-state index contributed by atoms with van der Waals surface area (Å²) in [5.41, 5.74) is 0.677. The third-order valence-corrected chi connectivity index (χ3v) is 3.29. The van der Waals surface area contributed by atoms with E-state index in [1.807, 2.05) is 0 Å². The van der Waals surface area contributed by atoms with Crippen LogP contribution in [0.4, 0.5) is 20.2 Å². The molecule has 27 heavy (non-hydrogen) atoms. The van der Waals surface area contributed by atoms with Crippen LogP contribution in [0.25, 0.3) is 0 Å². The smallest absolute Gasteiger partial charge is 0.387 e. The van der Waals surface area contributed by atoms with E-state index >= 15 is 0 Å². The average Bonchev–Trinajstić information content (AvgIpc) is 2.66. The topological polar surface area (TPSA) is 96.9 Å². The highest BCUT2D eigenvalue weighted by molar-refractivity contribution is 5.98. The zero-order valence-corrected chi connectivity index (χ0v) is 14.2. The van der Waals surface area contributed by atoms with E-state index in [1.165, 1.54) is 30.3 Å². The number of ether oxygens (including phenoxy) is 2. The van der Waals surface area contributed by atoms with Gasteiger partial charge in [-0.15, -0.1) is 0 Å². The molecule has 0 aliphatic rings. The van der Waals surface area contributed by atoms with Crippen LogP contribution in [0.15, 0.2) is 48.5 Å². The number of esters is 1. The van der Waals surface area contributed by atoms with Crippen LogP contribution in [0.1, 0.15) is 10.4 Å². The van der Waals surface area contributed by atoms with Crippen LogP contribution >= 0.6 is 0 Å². The molecule has 0 saturated heterocycles. The fourth-order valence-electron chi connectivity index (χ4n) is 2.17. The molecule has 1 amide bonds. The summed E-state index contributed by atoms with van der Waals surface area (Å²) in [6, 6.07) is 12.1. The maximum atomic E-state index is 12.4. The lowest BCUT2D eigenvalue weighted by Gasteiger charge is -2.13. The number of anilines is 2. The van der Waals surface area contributed by atoms with Crippen molar-refractivity contribution in [3.8, 4) is 5.75 Å². The van der Waals surface area contributed by atoms with Crippen molar-refractivity contribution >= 4 is 23.3 Å². The molecule has 0 aliphatic carbocycles. The van der Waals surface area contributed by atoms with Gasteiger partial charge in [0.2, 0.25) is 0 Å². The van der Waals surface area contributed by atoms with Gasteiger partial charge in [-0.1, -0.05) is 24.3 Å². The van der Waals surface area contributed by atoms with E-state index in [1.54, 1.807) is 18.2 Å². The van der Waals surface area contributed by atoms with Crippen LogP contribution in [-0.4, -0.2) is 43.4 Å². The van der Waals surface area contributed by atoms with E-state index in [0.717, 1.165) is 0 Å². The number of nitrogens with one attached hydrogen (secondary N) is 2. The highest BCUT2D eigenvalue weighted by Crippen LogP contribution is 2.25. The second-order valence-corrected chi connectivity index (χ2v) is 5.19. The van der Waals surface area contributed by atoms with Gasteiger partial charge >= 0.3 is 12.6 Å². The van der Waals surface area contributed by atoms with E-state index < -0.39 is 25.1 Å². The largest absolute Gasteiger partial charge is 0.452 e. The quantitative estimate of drug-likeness (QED) is 0.579. The normalized spacial score (nSPS) is 10.4. The molecule has 0 unspecified atom stereocenters. The van der Waals surface area contributed by atoms with E-state index in [4.69, 9.17) is 9.84 Å². The highest BCUT2D eigenvalue weighted by Gasteiger charge is 2.16. The minimum atomic E-state index is -3.04. The number of carbonyl (C=O) groups is 2. The van der Waals surface area contributed by atoms with E-state index in [-0.39, 0.29) is 30.2 Å². The van der Waals surface area contributed by atoms with Gasteiger partial charge in [-0.2, -0.15) is 8.78 Å². The van der Waals surface area contributed by atoms with Crippen LogP contribution in [0, 0.1) is 0 Å². The SMILES string of the molecule is O=C(COC(=O)c1ccccc1NCCO)Nc1ccccc1OC(F)F. The van der Waals surface area contributed by atoms with Crippen LogP contribution in [0.5, 0.6) is 5.75 Å². The first kappa shape index (κ1) is 20.1. The number of carbonyl (C=O) groups excluding carboxylic acids is 2. The Labute approximate surface area is 153 Å². The summed E-state index contributed by atoms with van der Waals surface area (Å²) in [6.45, 7) is -3.53. The Morgan fingerprint density at radius 3 is 2.41 bits per heavy atom. The number of halogens is 2. The first-order valence-corrected chi connectivity index (χ1v) is 7.96. The number of hydrogen-bond acceptors (Lipinski definition) is 6. The minimum absolute atomic E-state index is 0.0314. The molecular formula is C18H18F2N2O5. The molecule has 144 valence electrons. The van der Waals surface area contributed by atoms with Gasteiger partial charge < -0.3 is 25.2 Å². The Morgan fingerprint density at radius 1 is 1.04 bits per heavy atom. The van der Waals surface area contributed by atoms with Crippen LogP contribution < -0.4 is 15.4 Å². The summed E-state index contributed by atoms with van der Waals surface area (Å²) >= 11 is 0. The molecule has 0 fully saturated rings. The Morgan fingerprint density at radius 2 is 1.70 bits per heavy atom. The number of para-hydroxylation sites is 3. The van der Waals surface area contributed by atoms with Crippen molar-refractivity contribution in [3.05, 3.63) is 54.1 Å². The Bertz CT molecular complexity index is 786. The maximum absolute atomic E-state index is 12.4. The third-order valence-electron chi connectivity index (χ3n) is 3.29. The fraction of sp³-hybridized carbons (Fsp3) is 0.222. The van der Waals surface area contributed by atoms with Gasteiger partial charge in [0.25, 0.3) is 5.91 Å². The third kappa shape index (κ3) is 6.23. The predicted octanol–water partition coefficient (Wildman–Crippen LogP) is 2.49. The molecular weight excluding hydrogens is 362 g/mol. The molecule has 7 nitrogen and oxygen atoms in total. The first-order chi connectivity index (χ1) is 13.0. The van der Waals surface area contributed by atoms with Crippen molar-refractivity contribution in [3.63, 3.8) is 0 Å². The number of aliphatic hydroxyl groups is 1. The van der Waals surface area contributed by atoms with Crippen molar-refractivity contribution in [2.45, 2.75) is 6.61 Å². The summed E-state index contributed by atoms with van der Waals surface area (Å²) < 4.78 is 34.0. The lowest BCUT2D eigenvalue weighted by Crippen LogP contribution is -2.22. The lowest BCUT2D eigenvalue weighted by molar-refractivity contribution is -0.119. The number of alkyl halides is 2. The van der Waals surface area contributed by atoms with Crippen molar-refractivity contribution in [1.82, 2.24) is 0 Å². The van der Waals surface area contributed by atoms with Gasteiger partial charge in [-0.3, -0.25) is 4.79 Å². The van der Waals surface area contributed by atoms with Crippen molar-refractivity contribution < 1.29 is 33.0 Å². The first-order valence-electron chi connectivity index (χ1n) is 7.96. The van der Waals surface area contributed by atoms with E-state index in [0.29, 0.717) is 5.69 Å². The van der Waals surface area contributed by atoms with Gasteiger partial charge in [0.1, 0.15) is 5.75 Å². The molecule has 2 aromatic carbocycles. The standard InChI is InChI=1S/C18H18F2N2O5/c19-18(20)27-15-8-4-3-7-14(15)22-16(24)11-26-17(25)12-5-1-2-6-13(12)21-9-10-23/h1-8,18,21,23H,9-11H2,(H,22,24). The second kappa shape index (κ2) is 10.1. The van der Waals surface area contributed by atoms with Crippen molar-refractivity contribution in [2.24, 2.45) is 0 Å². The number of aliphatic hydroxyl groups excluding tert-OH is 1. The fourth-order valence-corrected chi connectivity index (χ4v) is 2.17. The Hall–Kier alpha value is -3.20. The summed E-state index contributed by atoms with van der Waals surface area (Å²) in [5.74, 6) is -1.66. The Kier molecular flexibility index (Phi) is 7.50. The molecule has 0 heterocycles. The average molecular weight is 380 g/mol. The molecule has 0 radical (unpaired) electrons. The molecule has 2 aromatic rings. The predicted molar refractivity (Wildman–Crippen MR) is 94.0 cm³/mol. The van der Waals surface area contributed by atoms with E-state index in [9.17, 15) is 18.4 Å². The zero-order valence-electron chi connectivity index (χ0n) is 14.2. The summed E-state index contributed by atoms with van der Waals surface area (Å²) in [4.78, 5) is 24.1. The lowest BCUT2D eigenvalue weighted by atomic mass is 10.2. The molecule has 0 bridgehead atoms. The molecule has 9 heteroatoms. The van der Waals surface area contributed by atoms with Gasteiger partial charge in [0, 0.05) is 12.2 Å². The number of hydrogen-bond donors (Lipinski definition) is 3. The van der Waals surface area contributed by atoms with E-state index in [2.05, 4.69) is 15.4 Å². The minimum Gasteiger partial charge on any atom is -0.452 e. The summed E-state index contributed by atoms with van der Waals surface area (Å²) in [5, 5.41) is 14.1. The molecule has 3 N–H and O–H groups in total. The van der Waals surface area contributed by atoms with Crippen molar-refractivity contribution in [2.75, 3.05) is 30.4 Å². The Balaban J connectivity index is 1.96. The van der Waals surface area contributed by atoms with Crippen LogP contribution in [0.3, 0.4) is 0 Å². The highest BCUT2D eigenvalue weighted by atomic mass is 19.3. The molecule has 0 atom stereocenters. The van der Waals surface area contributed by atoms with Crippen LogP contribution in [0.2, 0.25) is 0 Å². The van der Waals surface area contributed by atoms with Gasteiger partial charge in [0.15, 0.2) is 6.61 Å². The van der Waals surface area contributed by atoms with Gasteiger partial charge in [-0.25, -0.2) is 4.79 Å². The molecule has 0 aliphatic heterocycles. The summed E-state index contributed by atoms with van der Waals surface area (Å²) in [6.07, 6.45) is 0.